The number of hydrogen-bond acceptors (Lipinski definition) is 6. The quantitative estimate of drug-likeness (QED) is 0.546. The standard InChI is InChI=1S/C25H38N2O3S/c1-7-25(2,3)21(19-10-13-31-17-19)14-20-16-27(12-11-26-20)15-18-8-9-22(28-4)24(30-6)23(18)29-5/h8-10,13,17,20-21,26H,7,11-12,14-16H2,1-6H3. The molecular weight excluding hydrogens is 408 g/mol. The van der Waals surface area contributed by atoms with Gasteiger partial charge >= 0.3 is 0 Å². The molecule has 2 unspecified atom stereocenters. The van der Waals surface area contributed by atoms with Crippen LogP contribution in [0, 0.1) is 5.41 Å². The minimum Gasteiger partial charge on any atom is -0.493 e. The molecule has 1 aliphatic rings. The van der Waals surface area contributed by atoms with Crippen LogP contribution < -0.4 is 19.5 Å². The van der Waals surface area contributed by atoms with Gasteiger partial charge in [0.25, 0.3) is 0 Å². The zero-order valence-electron chi connectivity index (χ0n) is 19.9. The molecule has 0 radical (unpaired) electrons. The van der Waals surface area contributed by atoms with Crippen LogP contribution in [-0.2, 0) is 6.54 Å². The van der Waals surface area contributed by atoms with E-state index in [1.54, 1.807) is 32.7 Å². The molecule has 1 aromatic heterocycles. The maximum Gasteiger partial charge on any atom is 0.203 e. The van der Waals surface area contributed by atoms with E-state index in [0.717, 1.165) is 43.9 Å². The lowest BCUT2D eigenvalue weighted by Crippen LogP contribution is -2.51. The second-order valence-electron chi connectivity index (χ2n) is 9.07. The first-order valence-corrected chi connectivity index (χ1v) is 12.1. The van der Waals surface area contributed by atoms with E-state index in [4.69, 9.17) is 14.2 Å². The number of methoxy groups -OCH3 is 3. The Morgan fingerprint density at radius 3 is 2.52 bits per heavy atom. The molecule has 1 N–H and O–H groups in total. The predicted octanol–water partition coefficient (Wildman–Crippen LogP) is 5.16. The van der Waals surface area contributed by atoms with Crippen molar-refractivity contribution in [1.29, 1.82) is 0 Å². The number of benzene rings is 1. The monoisotopic (exact) mass is 446 g/mol. The smallest absolute Gasteiger partial charge is 0.203 e. The third-order valence-electron chi connectivity index (χ3n) is 6.84. The first-order chi connectivity index (χ1) is 14.9. The summed E-state index contributed by atoms with van der Waals surface area (Å²) in [6, 6.07) is 6.83. The maximum absolute atomic E-state index is 5.70. The second-order valence-corrected chi connectivity index (χ2v) is 9.85. The fraction of sp³-hybridized carbons (Fsp3) is 0.600. The number of nitrogens with zero attached hydrogens (tertiary/aromatic N) is 1. The molecule has 1 aliphatic heterocycles. The zero-order valence-corrected chi connectivity index (χ0v) is 20.7. The number of thiophene rings is 1. The molecule has 0 saturated carbocycles. The average molecular weight is 447 g/mol. The molecule has 2 aromatic rings. The lowest BCUT2D eigenvalue weighted by molar-refractivity contribution is 0.159. The lowest BCUT2D eigenvalue weighted by Gasteiger charge is -2.40. The van der Waals surface area contributed by atoms with Crippen LogP contribution >= 0.6 is 11.3 Å². The molecule has 31 heavy (non-hydrogen) atoms. The van der Waals surface area contributed by atoms with Gasteiger partial charge in [0.2, 0.25) is 5.75 Å². The van der Waals surface area contributed by atoms with Crippen molar-refractivity contribution < 1.29 is 14.2 Å². The molecule has 3 rings (SSSR count). The van der Waals surface area contributed by atoms with Crippen LogP contribution in [0.1, 0.15) is 50.7 Å². The number of piperazine rings is 1. The Bertz CT molecular complexity index is 822. The highest BCUT2D eigenvalue weighted by Crippen LogP contribution is 2.43. The normalized spacial score (nSPS) is 18.6. The topological polar surface area (TPSA) is 43.0 Å². The summed E-state index contributed by atoms with van der Waals surface area (Å²) in [5.41, 5.74) is 2.89. The van der Waals surface area contributed by atoms with E-state index in [9.17, 15) is 0 Å². The molecule has 0 spiro atoms. The van der Waals surface area contributed by atoms with E-state index in [-0.39, 0.29) is 5.41 Å². The van der Waals surface area contributed by atoms with Crippen molar-refractivity contribution in [3.8, 4) is 17.2 Å². The van der Waals surface area contributed by atoms with Gasteiger partial charge in [-0.2, -0.15) is 11.3 Å². The van der Waals surface area contributed by atoms with Gasteiger partial charge in [0, 0.05) is 37.8 Å². The van der Waals surface area contributed by atoms with Crippen molar-refractivity contribution in [2.45, 2.75) is 52.1 Å². The molecule has 2 heterocycles. The van der Waals surface area contributed by atoms with Crippen molar-refractivity contribution in [2.75, 3.05) is 41.0 Å². The van der Waals surface area contributed by atoms with Gasteiger partial charge in [-0.1, -0.05) is 33.3 Å². The van der Waals surface area contributed by atoms with Crippen LogP contribution in [0.15, 0.2) is 29.0 Å². The van der Waals surface area contributed by atoms with Crippen LogP contribution in [-0.4, -0.2) is 51.9 Å². The molecular formula is C25H38N2O3S. The van der Waals surface area contributed by atoms with Crippen molar-refractivity contribution >= 4 is 11.3 Å². The molecule has 1 saturated heterocycles. The Hall–Kier alpha value is -1.76. The molecule has 0 bridgehead atoms. The molecule has 5 nitrogen and oxygen atoms in total. The van der Waals surface area contributed by atoms with E-state index in [2.05, 4.69) is 53.9 Å². The van der Waals surface area contributed by atoms with Gasteiger partial charge in [-0.25, -0.2) is 0 Å². The van der Waals surface area contributed by atoms with E-state index in [0.29, 0.717) is 23.5 Å². The fourth-order valence-electron chi connectivity index (χ4n) is 4.63. The number of hydrogen-bond donors (Lipinski definition) is 1. The van der Waals surface area contributed by atoms with Crippen LogP contribution in [0.4, 0.5) is 0 Å². The summed E-state index contributed by atoms with van der Waals surface area (Å²) in [4.78, 5) is 2.52. The first kappa shape index (κ1) is 23.9. The van der Waals surface area contributed by atoms with Crippen LogP contribution in [0.5, 0.6) is 17.2 Å². The van der Waals surface area contributed by atoms with Gasteiger partial charge in [-0.15, -0.1) is 0 Å². The molecule has 1 fully saturated rings. The fourth-order valence-corrected chi connectivity index (χ4v) is 5.35. The number of nitrogens with one attached hydrogen (secondary N) is 1. The summed E-state index contributed by atoms with van der Waals surface area (Å²) in [7, 11) is 5.00. The minimum atomic E-state index is 0.275. The minimum absolute atomic E-state index is 0.275. The van der Waals surface area contributed by atoms with E-state index in [1.807, 2.05) is 6.07 Å². The van der Waals surface area contributed by atoms with Gasteiger partial charge < -0.3 is 19.5 Å². The van der Waals surface area contributed by atoms with Gasteiger partial charge in [-0.3, -0.25) is 4.90 Å². The van der Waals surface area contributed by atoms with Crippen molar-refractivity contribution in [2.24, 2.45) is 5.41 Å². The highest BCUT2D eigenvalue weighted by molar-refractivity contribution is 7.08. The van der Waals surface area contributed by atoms with E-state index < -0.39 is 0 Å². The van der Waals surface area contributed by atoms with Crippen molar-refractivity contribution in [1.82, 2.24) is 10.2 Å². The van der Waals surface area contributed by atoms with Gasteiger partial charge in [-0.05, 0) is 46.2 Å². The molecule has 0 aliphatic carbocycles. The maximum atomic E-state index is 5.70. The van der Waals surface area contributed by atoms with Crippen LogP contribution in [0.25, 0.3) is 0 Å². The third-order valence-corrected chi connectivity index (χ3v) is 7.54. The van der Waals surface area contributed by atoms with E-state index in [1.165, 1.54) is 12.0 Å². The Labute approximate surface area is 191 Å². The molecule has 6 heteroatoms. The van der Waals surface area contributed by atoms with Crippen molar-refractivity contribution in [3.63, 3.8) is 0 Å². The van der Waals surface area contributed by atoms with Crippen molar-refractivity contribution in [3.05, 3.63) is 40.1 Å². The first-order valence-electron chi connectivity index (χ1n) is 11.2. The number of ether oxygens (including phenoxy) is 3. The van der Waals surface area contributed by atoms with Gasteiger partial charge in [0.15, 0.2) is 11.5 Å². The summed E-state index contributed by atoms with van der Waals surface area (Å²) >= 11 is 1.80. The molecule has 0 amide bonds. The lowest BCUT2D eigenvalue weighted by atomic mass is 9.71. The second kappa shape index (κ2) is 10.7. The van der Waals surface area contributed by atoms with Gasteiger partial charge in [0.05, 0.1) is 21.3 Å². The summed E-state index contributed by atoms with van der Waals surface area (Å²) in [6.07, 6.45) is 2.32. The average Bonchev–Trinajstić information content (AvgIpc) is 3.31. The molecule has 1 aromatic carbocycles. The summed E-state index contributed by atoms with van der Waals surface area (Å²) in [6.45, 7) is 11.0. The zero-order chi connectivity index (χ0) is 22.4. The summed E-state index contributed by atoms with van der Waals surface area (Å²) < 4.78 is 16.7. The Morgan fingerprint density at radius 1 is 1.13 bits per heavy atom. The Morgan fingerprint density at radius 2 is 1.90 bits per heavy atom. The highest BCUT2D eigenvalue weighted by atomic mass is 32.1. The SMILES string of the molecule is CCC(C)(C)C(CC1CN(Cc2ccc(OC)c(OC)c2OC)CCN1)c1ccsc1. The molecule has 2 atom stereocenters. The van der Waals surface area contributed by atoms with Crippen LogP contribution in [0.2, 0.25) is 0 Å². The third kappa shape index (κ3) is 5.54. The Balaban J connectivity index is 1.74. The number of rotatable bonds is 10. The summed E-state index contributed by atoms with van der Waals surface area (Å²) in [5, 5.41) is 8.32. The van der Waals surface area contributed by atoms with E-state index >= 15 is 0 Å². The predicted molar refractivity (Wildman–Crippen MR) is 129 cm³/mol. The highest BCUT2D eigenvalue weighted by Gasteiger charge is 2.33. The van der Waals surface area contributed by atoms with Gasteiger partial charge in [0.1, 0.15) is 0 Å². The molecule has 172 valence electrons. The largest absolute Gasteiger partial charge is 0.493 e. The Kier molecular flexibility index (Phi) is 8.25. The summed E-state index contributed by atoms with van der Waals surface area (Å²) in [5.74, 6) is 2.68. The van der Waals surface area contributed by atoms with Crippen LogP contribution in [0.3, 0.4) is 0 Å².